The quantitative estimate of drug-likeness (QED) is 0.737. The van der Waals surface area contributed by atoms with Crippen LogP contribution in [0.2, 0.25) is 0 Å². The van der Waals surface area contributed by atoms with Crippen LogP contribution in [-0.4, -0.2) is 16.2 Å². The first-order valence-corrected chi connectivity index (χ1v) is 4.03. The lowest BCUT2D eigenvalue weighted by Gasteiger charge is -1.96. The van der Waals surface area contributed by atoms with Gasteiger partial charge < -0.3 is 5.11 Å². The van der Waals surface area contributed by atoms with E-state index >= 15 is 0 Å². The van der Waals surface area contributed by atoms with E-state index in [-0.39, 0.29) is 6.10 Å². The van der Waals surface area contributed by atoms with Crippen molar-refractivity contribution in [1.82, 2.24) is 4.98 Å². The Morgan fingerprint density at radius 3 is 3.08 bits per heavy atom. The highest BCUT2D eigenvalue weighted by molar-refractivity contribution is 5.47. The maximum atomic E-state index is 8.96. The number of aliphatic hydroxyl groups is 1. The summed E-state index contributed by atoms with van der Waals surface area (Å²) in [6.07, 6.45) is 7.86. The second kappa shape index (κ2) is 4.67. The average Bonchev–Trinajstić information content (AvgIpc) is 2.05. The van der Waals surface area contributed by atoms with Crippen molar-refractivity contribution in [3.8, 4) is 0 Å². The van der Waals surface area contributed by atoms with Crippen LogP contribution < -0.4 is 0 Å². The molecule has 0 aromatic carbocycles. The van der Waals surface area contributed by atoms with Gasteiger partial charge >= 0.3 is 0 Å². The smallest absolute Gasteiger partial charge is 0.0546 e. The van der Waals surface area contributed by atoms with Crippen molar-refractivity contribution in [3.05, 3.63) is 36.2 Å². The molecule has 1 rings (SSSR count). The van der Waals surface area contributed by atoms with Crippen LogP contribution in [0.5, 0.6) is 0 Å². The molecule has 2 heteroatoms. The molecule has 0 aliphatic heterocycles. The summed E-state index contributed by atoms with van der Waals surface area (Å²) < 4.78 is 0. The number of pyridine rings is 1. The van der Waals surface area contributed by atoms with Gasteiger partial charge in [-0.2, -0.15) is 0 Å². The predicted molar refractivity (Wildman–Crippen MR) is 49.6 cm³/mol. The van der Waals surface area contributed by atoms with Gasteiger partial charge in [-0.3, -0.25) is 4.98 Å². The van der Waals surface area contributed by atoms with Crippen molar-refractivity contribution in [1.29, 1.82) is 0 Å². The maximum Gasteiger partial charge on any atom is 0.0546 e. The molecule has 1 atom stereocenters. The Morgan fingerprint density at radius 1 is 1.67 bits per heavy atom. The van der Waals surface area contributed by atoms with Crippen molar-refractivity contribution in [2.45, 2.75) is 19.4 Å². The largest absolute Gasteiger partial charge is 0.393 e. The van der Waals surface area contributed by atoms with Gasteiger partial charge in [0.15, 0.2) is 0 Å². The van der Waals surface area contributed by atoms with E-state index in [4.69, 9.17) is 5.11 Å². The van der Waals surface area contributed by atoms with E-state index in [1.165, 1.54) is 0 Å². The minimum Gasteiger partial charge on any atom is -0.393 e. The summed E-state index contributed by atoms with van der Waals surface area (Å²) in [7, 11) is 0. The van der Waals surface area contributed by atoms with Crippen LogP contribution in [0.3, 0.4) is 0 Å². The number of aliphatic hydroxyl groups excluding tert-OH is 1. The van der Waals surface area contributed by atoms with E-state index in [9.17, 15) is 0 Å². The summed E-state index contributed by atoms with van der Waals surface area (Å²) in [6, 6.07) is 3.87. The number of hydrogen-bond acceptors (Lipinski definition) is 2. The van der Waals surface area contributed by atoms with E-state index in [0.717, 1.165) is 5.56 Å². The zero-order valence-electron chi connectivity index (χ0n) is 7.14. The molecule has 1 N–H and O–H groups in total. The normalized spacial score (nSPS) is 13.5. The van der Waals surface area contributed by atoms with Crippen molar-refractivity contribution in [2.24, 2.45) is 0 Å². The Bertz CT molecular complexity index is 241. The maximum absolute atomic E-state index is 8.96. The minimum atomic E-state index is -0.266. The highest BCUT2D eigenvalue weighted by Gasteiger charge is 1.89. The topological polar surface area (TPSA) is 33.1 Å². The number of aromatic nitrogens is 1. The summed E-state index contributed by atoms with van der Waals surface area (Å²) in [5.41, 5.74) is 1.07. The van der Waals surface area contributed by atoms with Gasteiger partial charge in [0.25, 0.3) is 0 Å². The third kappa shape index (κ3) is 3.30. The summed E-state index contributed by atoms with van der Waals surface area (Å²) in [6.45, 7) is 1.77. The molecular formula is C10H13NO. The Hall–Kier alpha value is -1.15. The Morgan fingerprint density at radius 2 is 2.50 bits per heavy atom. The van der Waals surface area contributed by atoms with Gasteiger partial charge in [-0.15, -0.1) is 0 Å². The number of nitrogens with zero attached hydrogens (tertiary/aromatic N) is 1. The van der Waals surface area contributed by atoms with Crippen LogP contribution >= 0.6 is 0 Å². The van der Waals surface area contributed by atoms with E-state index in [2.05, 4.69) is 4.98 Å². The summed E-state index contributed by atoms with van der Waals surface area (Å²) in [5, 5.41) is 8.96. The van der Waals surface area contributed by atoms with E-state index in [0.29, 0.717) is 6.42 Å². The van der Waals surface area contributed by atoms with Gasteiger partial charge in [-0.05, 0) is 25.0 Å². The fourth-order valence-corrected chi connectivity index (χ4v) is 0.876. The van der Waals surface area contributed by atoms with Crippen LogP contribution in [-0.2, 0) is 0 Å². The third-order valence-electron chi connectivity index (χ3n) is 1.47. The summed E-state index contributed by atoms with van der Waals surface area (Å²) in [4.78, 5) is 3.97. The molecule has 1 aromatic rings. The van der Waals surface area contributed by atoms with Gasteiger partial charge in [0.2, 0.25) is 0 Å². The fraction of sp³-hybridized carbons (Fsp3) is 0.300. The first-order valence-electron chi connectivity index (χ1n) is 4.03. The van der Waals surface area contributed by atoms with Gasteiger partial charge in [-0.25, -0.2) is 0 Å². The van der Waals surface area contributed by atoms with Gasteiger partial charge in [0.1, 0.15) is 0 Å². The summed E-state index contributed by atoms with van der Waals surface area (Å²) in [5.74, 6) is 0. The zero-order valence-corrected chi connectivity index (χ0v) is 7.14. The third-order valence-corrected chi connectivity index (χ3v) is 1.47. The molecule has 0 radical (unpaired) electrons. The molecule has 0 saturated heterocycles. The Labute approximate surface area is 72.6 Å². The lowest BCUT2D eigenvalue weighted by Crippen LogP contribution is -1.95. The van der Waals surface area contributed by atoms with Crippen molar-refractivity contribution < 1.29 is 5.11 Å². The van der Waals surface area contributed by atoms with Gasteiger partial charge in [-0.1, -0.05) is 18.2 Å². The van der Waals surface area contributed by atoms with Crippen molar-refractivity contribution >= 4 is 6.08 Å². The second-order valence-corrected chi connectivity index (χ2v) is 2.77. The molecule has 0 aliphatic carbocycles. The van der Waals surface area contributed by atoms with Crippen molar-refractivity contribution in [2.75, 3.05) is 0 Å². The lowest BCUT2D eigenvalue weighted by atomic mass is 10.2. The molecule has 0 aliphatic rings. The minimum absolute atomic E-state index is 0.266. The van der Waals surface area contributed by atoms with E-state index in [1.54, 1.807) is 19.3 Å². The first-order chi connectivity index (χ1) is 5.79. The van der Waals surface area contributed by atoms with Gasteiger partial charge in [0.05, 0.1) is 6.10 Å². The number of hydrogen-bond donors (Lipinski definition) is 1. The van der Waals surface area contributed by atoms with Gasteiger partial charge in [0, 0.05) is 12.4 Å². The fourth-order valence-electron chi connectivity index (χ4n) is 0.876. The molecule has 64 valence electrons. The van der Waals surface area contributed by atoms with Crippen LogP contribution in [0, 0.1) is 0 Å². The molecule has 12 heavy (non-hydrogen) atoms. The lowest BCUT2D eigenvalue weighted by molar-refractivity contribution is 0.199. The molecule has 0 bridgehead atoms. The highest BCUT2D eigenvalue weighted by Crippen LogP contribution is 2.00. The van der Waals surface area contributed by atoms with Crippen LogP contribution in [0.15, 0.2) is 30.6 Å². The molecular weight excluding hydrogens is 150 g/mol. The van der Waals surface area contributed by atoms with Crippen LogP contribution in [0.25, 0.3) is 6.08 Å². The standard InChI is InChI=1S/C10H13NO/c1-9(12)4-2-5-10-6-3-7-11-8-10/h2-3,5-9,12H,4H2,1H3/b5-2+/t9-/m1/s1. The SMILES string of the molecule is C[C@@H](O)C/C=C/c1cccnc1. The number of rotatable bonds is 3. The highest BCUT2D eigenvalue weighted by atomic mass is 16.3. The predicted octanol–water partition coefficient (Wildman–Crippen LogP) is 1.87. The monoisotopic (exact) mass is 163 g/mol. The molecule has 1 heterocycles. The molecule has 0 fully saturated rings. The zero-order chi connectivity index (χ0) is 8.81. The molecule has 2 nitrogen and oxygen atoms in total. The van der Waals surface area contributed by atoms with Crippen LogP contribution in [0.4, 0.5) is 0 Å². The van der Waals surface area contributed by atoms with Crippen LogP contribution in [0.1, 0.15) is 18.9 Å². The molecule has 0 unspecified atom stereocenters. The van der Waals surface area contributed by atoms with E-state index < -0.39 is 0 Å². The average molecular weight is 163 g/mol. The Kier molecular flexibility index (Phi) is 3.48. The molecule has 0 amide bonds. The first kappa shape index (κ1) is 8.94. The Balaban J connectivity index is 2.47. The molecule has 0 spiro atoms. The van der Waals surface area contributed by atoms with Crippen molar-refractivity contribution in [3.63, 3.8) is 0 Å². The van der Waals surface area contributed by atoms with E-state index in [1.807, 2.05) is 24.3 Å². The molecule has 0 saturated carbocycles. The second-order valence-electron chi connectivity index (χ2n) is 2.77. The summed E-state index contributed by atoms with van der Waals surface area (Å²) >= 11 is 0. The molecule has 1 aromatic heterocycles.